The monoisotopic (exact) mass is 550 g/mol. The molecule has 0 aliphatic carbocycles. The predicted octanol–water partition coefficient (Wildman–Crippen LogP) is 5.71. The number of furan rings is 1. The molecule has 39 heavy (non-hydrogen) atoms. The summed E-state index contributed by atoms with van der Waals surface area (Å²) in [6.45, 7) is 10.3. The summed E-state index contributed by atoms with van der Waals surface area (Å²) >= 11 is 1.48. The van der Waals surface area contributed by atoms with Crippen LogP contribution in [0.2, 0.25) is 0 Å². The van der Waals surface area contributed by atoms with Gasteiger partial charge in [-0.3, -0.25) is 9.59 Å². The smallest absolute Gasteiger partial charge is 0.310 e. The Labute approximate surface area is 235 Å². The number of amides is 1. The Morgan fingerprint density at radius 3 is 2.64 bits per heavy atom. The normalized spacial score (nSPS) is 15.7. The van der Waals surface area contributed by atoms with Gasteiger partial charge in [0.1, 0.15) is 11.6 Å². The lowest BCUT2D eigenvalue weighted by molar-refractivity contribution is -0.149. The average molecular weight is 551 g/mol. The third kappa shape index (κ3) is 7.62. The van der Waals surface area contributed by atoms with Crippen LogP contribution in [-0.4, -0.2) is 53.5 Å². The molecule has 0 saturated carbocycles. The number of likely N-dealkylation sites (tertiary alicyclic amines) is 1. The molecule has 1 aromatic carbocycles. The molecule has 208 valence electrons. The predicted molar refractivity (Wildman–Crippen MR) is 153 cm³/mol. The number of hydrogen-bond donors (Lipinski definition) is 0. The lowest BCUT2D eigenvalue weighted by Gasteiger charge is -2.30. The number of piperidine rings is 1. The van der Waals surface area contributed by atoms with Gasteiger partial charge in [-0.25, -0.2) is 9.97 Å². The standard InChI is InChI=1S/C30H38N4O4S/c1-6-37-28(36)22-13-10-16-34(19-22)27(35)24-15-14-23(38-24)20-39-29-31-25(30(2,3)4)17-26(32-29)33(5)18-21-11-8-7-9-12-21/h7-9,11-12,14-15,17,22H,6,10,13,16,18-20H2,1-5H3. The topological polar surface area (TPSA) is 88.8 Å². The average Bonchev–Trinajstić information content (AvgIpc) is 3.41. The summed E-state index contributed by atoms with van der Waals surface area (Å²) in [5.41, 5.74) is 2.03. The van der Waals surface area contributed by atoms with E-state index in [9.17, 15) is 9.59 Å². The number of thioether (sulfide) groups is 1. The quantitative estimate of drug-likeness (QED) is 0.190. The molecule has 1 saturated heterocycles. The molecular formula is C30H38N4O4S. The van der Waals surface area contributed by atoms with Crippen molar-refractivity contribution in [2.75, 3.05) is 31.6 Å². The minimum Gasteiger partial charge on any atom is -0.466 e. The molecule has 8 nitrogen and oxygen atoms in total. The van der Waals surface area contributed by atoms with Crippen molar-refractivity contribution in [1.29, 1.82) is 0 Å². The number of hydrogen-bond acceptors (Lipinski definition) is 8. The summed E-state index contributed by atoms with van der Waals surface area (Å²) in [6, 6.07) is 15.9. The summed E-state index contributed by atoms with van der Waals surface area (Å²) in [6.07, 6.45) is 1.50. The van der Waals surface area contributed by atoms with Crippen molar-refractivity contribution in [2.24, 2.45) is 5.92 Å². The first-order valence-corrected chi connectivity index (χ1v) is 14.4. The van der Waals surface area contributed by atoms with Gasteiger partial charge in [-0.05, 0) is 37.5 Å². The van der Waals surface area contributed by atoms with Crippen molar-refractivity contribution in [1.82, 2.24) is 14.9 Å². The highest BCUT2D eigenvalue weighted by molar-refractivity contribution is 7.98. The van der Waals surface area contributed by atoms with Crippen molar-refractivity contribution >= 4 is 29.5 Å². The van der Waals surface area contributed by atoms with Gasteiger partial charge in [-0.15, -0.1) is 0 Å². The zero-order valence-corrected chi connectivity index (χ0v) is 24.3. The zero-order valence-electron chi connectivity index (χ0n) is 23.5. The van der Waals surface area contributed by atoms with E-state index in [0.717, 1.165) is 30.9 Å². The fourth-order valence-corrected chi connectivity index (χ4v) is 5.22. The number of ether oxygens (including phenoxy) is 1. The third-order valence-electron chi connectivity index (χ3n) is 6.66. The Balaban J connectivity index is 1.43. The summed E-state index contributed by atoms with van der Waals surface area (Å²) in [7, 11) is 2.04. The Morgan fingerprint density at radius 2 is 1.92 bits per heavy atom. The molecule has 1 amide bonds. The highest BCUT2D eigenvalue weighted by atomic mass is 32.2. The number of esters is 1. The van der Waals surface area contributed by atoms with Crippen LogP contribution in [-0.2, 0) is 27.2 Å². The second kappa shape index (κ2) is 12.7. The number of carbonyl (C=O) groups excluding carboxylic acids is 2. The first-order valence-electron chi connectivity index (χ1n) is 13.5. The van der Waals surface area contributed by atoms with E-state index in [-0.39, 0.29) is 29.0 Å². The maximum Gasteiger partial charge on any atom is 0.310 e. The molecular weight excluding hydrogens is 512 g/mol. The lowest BCUT2D eigenvalue weighted by Crippen LogP contribution is -2.42. The van der Waals surface area contributed by atoms with Crippen LogP contribution < -0.4 is 4.90 Å². The zero-order chi connectivity index (χ0) is 28.0. The summed E-state index contributed by atoms with van der Waals surface area (Å²) in [5, 5.41) is 0.662. The fraction of sp³-hybridized carbons (Fsp3) is 0.467. The summed E-state index contributed by atoms with van der Waals surface area (Å²) in [4.78, 5) is 38.7. The molecule has 0 N–H and O–H groups in total. The van der Waals surface area contributed by atoms with E-state index in [0.29, 0.717) is 36.4 Å². The molecule has 1 aliphatic heterocycles. The van der Waals surface area contributed by atoms with Crippen LogP contribution in [0.25, 0.3) is 0 Å². The van der Waals surface area contributed by atoms with Gasteiger partial charge in [0.25, 0.3) is 5.91 Å². The van der Waals surface area contributed by atoms with Crippen LogP contribution in [0.4, 0.5) is 5.82 Å². The molecule has 0 radical (unpaired) electrons. The summed E-state index contributed by atoms with van der Waals surface area (Å²) < 4.78 is 11.1. The Kier molecular flexibility index (Phi) is 9.32. The van der Waals surface area contributed by atoms with E-state index < -0.39 is 0 Å². The van der Waals surface area contributed by atoms with E-state index in [2.05, 4.69) is 43.9 Å². The van der Waals surface area contributed by atoms with Crippen molar-refractivity contribution in [2.45, 2.75) is 63.4 Å². The first kappa shape index (κ1) is 28.7. The molecule has 3 heterocycles. The third-order valence-corrected chi connectivity index (χ3v) is 7.53. The molecule has 1 atom stereocenters. The number of anilines is 1. The molecule has 4 rings (SSSR count). The van der Waals surface area contributed by atoms with Crippen LogP contribution in [0.3, 0.4) is 0 Å². The lowest BCUT2D eigenvalue weighted by atomic mass is 9.92. The van der Waals surface area contributed by atoms with Gasteiger partial charge in [0.15, 0.2) is 10.9 Å². The van der Waals surface area contributed by atoms with Crippen LogP contribution in [0.15, 0.2) is 58.1 Å². The van der Waals surface area contributed by atoms with E-state index in [1.165, 1.54) is 17.3 Å². The Morgan fingerprint density at radius 1 is 1.15 bits per heavy atom. The van der Waals surface area contributed by atoms with Gasteiger partial charge in [0.05, 0.1) is 24.0 Å². The molecule has 1 fully saturated rings. The van der Waals surface area contributed by atoms with Crippen molar-refractivity contribution in [3.8, 4) is 0 Å². The molecule has 1 aliphatic rings. The van der Waals surface area contributed by atoms with E-state index >= 15 is 0 Å². The van der Waals surface area contributed by atoms with Crippen molar-refractivity contribution in [3.05, 3.63) is 71.3 Å². The van der Waals surface area contributed by atoms with Crippen molar-refractivity contribution in [3.63, 3.8) is 0 Å². The fourth-order valence-electron chi connectivity index (χ4n) is 4.47. The van der Waals surface area contributed by atoms with Crippen LogP contribution in [0.1, 0.15) is 68.1 Å². The highest BCUT2D eigenvalue weighted by Crippen LogP contribution is 2.29. The second-order valence-corrected chi connectivity index (χ2v) is 11.8. The highest BCUT2D eigenvalue weighted by Gasteiger charge is 2.31. The number of rotatable bonds is 9. The number of carbonyl (C=O) groups is 2. The minimum absolute atomic E-state index is 0.138. The van der Waals surface area contributed by atoms with Gasteiger partial charge in [0, 0.05) is 38.2 Å². The second-order valence-electron chi connectivity index (χ2n) is 10.9. The molecule has 9 heteroatoms. The van der Waals surface area contributed by atoms with E-state index in [1.54, 1.807) is 17.9 Å². The molecule has 2 aromatic heterocycles. The maximum atomic E-state index is 13.1. The maximum absolute atomic E-state index is 13.1. The Hall–Kier alpha value is -3.33. The molecule has 1 unspecified atom stereocenters. The number of nitrogens with zero attached hydrogens (tertiary/aromatic N) is 4. The Bertz CT molecular complexity index is 1270. The van der Waals surface area contributed by atoms with E-state index in [4.69, 9.17) is 19.1 Å². The molecule has 0 bridgehead atoms. The number of aromatic nitrogens is 2. The molecule has 3 aromatic rings. The van der Waals surface area contributed by atoms with Gasteiger partial charge in [-0.2, -0.15) is 0 Å². The van der Waals surface area contributed by atoms with E-state index in [1.807, 2.05) is 31.3 Å². The van der Waals surface area contributed by atoms with Crippen LogP contribution >= 0.6 is 11.8 Å². The SMILES string of the molecule is CCOC(=O)C1CCCN(C(=O)c2ccc(CSc3nc(N(C)Cc4ccccc4)cc(C(C)(C)C)n3)o2)C1. The van der Waals surface area contributed by atoms with Crippen LogP contribution in [0, 0.1) is 5.92 Å². The largest absolute Gasteiger partial charge is 0.466 e. The van der Waals surface area contributed by atoms with Gasteiger partial charge < -0.3 is 19.0 Å². The minimum atomic E-state index is -0.283. The molecule has 0 spiro atoms. The van der Waals surface area contributed by atoms with Gasteiger partial charge >= 0.3 is 5.97 Å². The van der Waals surface area contributed by atoms with Crippen LogP contribution in [0.5, 0.6) is 0 Å². The van der Waals surface area contributed by atoms with Crippen molar-refractivity contribution < 1.29 is 18.7 Å². The van der Waals surface area contributed by atoms with Gasteiger partial charge in [-0.1, -0.05) is 62.9 Å². The summed E-state index contributed by atoms with van der Waals surface area (Å²) in [5.74, 6) is 1.59. The number of benzene rings is 1. The van der Waals surface area contributed by atoms with Gasteiger partial charge in [0.2, 0.25) is 0 Å². The first-order chi connectivity index (χ1) is 18.6.